The summed E-state index contributed by atoms with van der Waals surface area (Å²) in [6.45, 7) is 6.73. The summed E-state index contributed by atoms with van der Waals surface area (Å²) < 4.78 is 12.1. The first-order valence-corrected chi connectivity index (χ1v) is 11.4. The highest BCUT2D eigenvalue weighted by Gasteiger charge is 2.44. The topological polar surface area (TPSA) is 24.9 Å². The Labute approximate surface area is 146 Å². The van der Waals surface area contributed by atoms with Gasteiger partial charge in [-0.05, 0) is 52.1 Å². The van der Waals surface area contributed by atoms with Crippen LogP contribution in [0.1, 0.15) is 46.0 Å². The highest BCUT2D eigenvalue weighted by molar-refractivity contribution is 6.67. The van der Waals surface area contributed by atoms with Crippen molar-refractivity contribution in [2.75, 3.05) is 55.5 Å². The van der Waals surface area contributed by atoms with Crippen molar-refractivity contribution in [1.29, 1.82) is 0 Å². The maximum absolute atomic E-state index is 6.07. The summed E-state index contributed by atoms with van der Waals surface area (Å²) in [4.78, 5) is 4.63. The second-order valence-electron chi connectivity index (χ2n) is 7.64. The molecule has 0 N–H and O–H groups in total. The molecule has 0 aromatic heterocycles. The van der Waals surface area contributed by atoms with E-state index in [0.29, 0.717) is 0 Å². The van der Waals surface area contributed by atoms with E-state index >= 15 is 0 Å². The maximum Gasteiger partial charge on any atom is 0.338 e. The zero-order valence-electron chi connectivity index (χ0n) is 17.1. The van der Waals surface area contributed by atoms with Crippen molar-refractivity contribution in [1.82, 2.24) is 9.80 Å². The van der Waals surface area contributed by atoms with Crippen LogP contribution in [0.15, 0.2) is 0 Å². The normalized spacial score (nSPS) is 13.3. The lowest BCUT2D eigenvalue weighted by molar-refractivity contribution is 0.132. The summed E-state index contributed by atoms with van der Waals surface area (Å²) in [6.07, 6.45) is 6.25. The van der Waals surface area contributed by atoms with Crippen LogP contribution in [0.5, 0.6) is 0 Å². The van der Waals surface area contributed by atoms with Crippen LogP contribution in [0.2, 0.25) is 12.1 Å². The molecular weight excluding hydrogens is 304 g/mol. The van der Waals surface area contributed by atoms with Crippen molar-refractivity contribution in [3.8, 4) is 0 Å². The first-order valence-electron chi connectivity index (χ1n) is 9.18. The Morgan fingerprint density at radius 3 is 1.70 bits per heavy atom. The van der Waals surface area contributed by atoms with E-state index in [9.17, 15) is 0 Å². The second kappa shape index (κ2) is 11.6. The minimum absolute atomic E-state index is 0.232. The smallest absolute Gasteiger partial charge is 0.338 e. The lowest BCUT2D eigenvalue weighted by Crippen LogP contribution is -2.51. The van der Waals surface area contributed by atoms with Crippen LogP contribution in [-0.2, 0) is 8.85 Å². The van der Waals surface area contributed by atoms with Gasteiger partial charge in [0.05, 0.1) is 0 Å². The molecule has 0 amide bonds. The predicted octanol–water partition coefficient (Wildman–Crippen LogP) is 3.82. The lowest BCUT2D eigenvalue weighted by Gasteiger charge is -2.42. The van der Waals surface area contributed by atoms with E-state index in [0.717, 1.165) is 31.6 Å². The Hall–Kier alpha value is 0.0569. The maximum atomic E-state index is 6.07. The van der Waals surface area contributed by atoms with E-state index in [1.165, 1.54) is 25.7 Å². The van der Waals surface area contributed by atoms with Gasteiger partial charge >= 0.3 is 8.56 Å². The quantitative estimate of drug-likeness (QED) is 0.353. The van der Waals surface area contributed by atoms with Gasteiger partial charge in [-0.3, -0.25) is 0 Å². The Kier molecular flexibility index (Phi) is 11.6. The van der Waals surface area contributed by atoms with E-state index in [4.69, 9.17) is 8.85 Å². The van der Waals surface area contributed by atoms with Crippen LogP contribution in [0.3, 0.4) is 0 Å². The number of nitrogens with zero attached hydrogens (tertiary/aromatic N) is 2. The van der Waals surface area contributed by atoms with Gasteiger partial charge in [-0.1, -0.05) is 39.5 Å². The van der Waals surface area contributed by atoms with Gasteiger partial charge in [-0.2, -0.15) is 0 Å². The molecule has 0 radical (unpaired) electrons. The summed E-state index contributed by atoms with van der Waals surface area (Å²) in [5.74, 6) is 0. The third-order valence-corrected chi connectivity index (χ3v) is 8.74. The Bertz CT molecular complexity index is 285. The van der Waals surface area contributed by atoms with Crippen molar-refractivity contribution < 1.29 is 8.85 Å². The van der Waals surface area contributed by atoms with Gasteiger partial charge in [0.2, 0.25) is 0 Å². The molecular formula is C18H42N2O2Si. The van der Waals surface area contributed by atoms with Crippen LogP contribution in [0.25, 0.3) is 0 Å². The fourth-order valence-corrected chi connectivity index (χ4v) is 7.21. The van der Waals surface area contributed by atoms with E-state index in [-0.39, 0.29) is 5.41 Å². The minimum atomic E-state index is -2.14. The molecule has 0 aliphatic carbocycles. The molecule has 140 valence electrons. The summed E-state index contributed by atoms with van der Waals surface area (Å²) in [7, 11) is 10.3. The molecule has 0 aromatic rings. The number of unbranched alkanes of at least 4 members (excludes halogenated alkanes) is 3. The predicted molar refractivity (Wildman–Crippen MR) is 103 cm³/mol. The molecule has 0 bridgehead atoms. The molecule has 5 heteroatoms. The summed E-state index contributed by atoms with van der Waals surface area (Å²) in [6, 6.07) is 2.19. The van der Waals surface area contributed by atoms with Crippen LogP contribution >= 0.6 is 0 Å². The highest BCUT2D eigenvalue weighted by Crippen LogP contribution is 2.37. The molecule has 4 nitrogen and oxygen atoms in total. The fourth-order valence-electron chi connectivity index (χ4n) is 3.76. The van der Waals surface area contributed by atoms with Crippen LogP contribution < -0.4 is 0 Å². The molecule has 0 rings (SSSR count). The second-order valence-corrected chi connectivity index (χ2v) is 11.1. The van der Waals surface area contributed by atoms with Crippen molar-refractivity contribution in [2.45, 2.75) is 58.0 Å². The van der Waals surface area contributed by atoms with Crippen molar-refractivity contribution in [3.05, 3.63) is 0 Å². The zero-order valence-corrected chi connectivity index (χ0v) is 18.1. The standard InChI is InChI=1S/C18H42N2O2Si/c1-9-11-12-13-14-23(21-7,22-8)17-18(10-2,15-19(3)4)16-20(5)6/h9-17H2,1-8H3. The molecule has 0 aliphatic heterocycles. The van der Waals surface area contributed by atoms with Gasteiger partial charge in [0.1, 0.15) is 0 Å². The van der Waals surface area contributed by atoms with Crippen molar-refractivity contribution >= 4 is 8.56 Å². The fraction of sp³-hybridized carbons (Fsp3) is 1.00. The van der Waals surface area contributed by atoms with E-state index in [1.54, 1.807) is 0 Å². The highest BCUT2D eigenvalue weighted by atomic mass is 28.4. The Morgan fingerprint density at radius 1 is 0.826 bits per heavy atom. The molecule has 0 saturated heterocycles. The minimum Gasteiger partial charge on any atom is -0.398 e. The third-order valence-electron chi connectivity index (χ3n) is 4.85. The molecule has 23 heavy (non-hydrogen) atoms. The molecule has 0 heterocycles. The van der Waals surface area contributed by atoms with Gasteiger partial charge in [0.15, 0.2) is 0 Å². The first-order chi connectivity index (χ1) is 10.8. The molecule has 0 aliphatic rings. The molecule has 0 fully saturated rings. The Morgan fingerprint density at radius 2 is 1.35 bits per heavy atom. The van der Waals surface area contributed by atoms with Gasteiger partial charge in [0.25, 0.3) is 0 Å². The number of hydrogen-bond donors (Lipinski definition) is 0. The van der Waals surface area contributed by atoms with Crippen LogP contribution in [0.4, 0.5) is 0 Å². The summed E-state index contributed by atoms with van der Waals surface area (Å²) in [5.41, 5.74) is 0.232. The van der Waals surface area contributed by atoms with Crippen molar-refractivity contribution in [2.24, 2.45) is 5.41 Å². The summed E-state index contributed by atoms with van der Waals surface area (Å²) in [5, 5.41) is 0. The van der Waals surface area contributed by atoms with Gasteiger partial charge in [-0.15, -0.1) is 0 Å². The third kappa shape index (κ3) is 8.63. The summed E-state index contributed by atoms with van der Waals surface area (Å²) >= 11 is 0. The molecule has 0 unspecified atom stereocenters. The SMILES string of the molecule is CCCCCC[Si](CC(CC)(CN(C)C)CN(C)C)(OC)OC. The average Bonchev–Trinajstić information content (AvgIpc) is 2.49. The number of hydrogen-bond acceptors (Lipinski definition) is 4. The monoisotopic (exact) mass is 346 g/mol. The molecule has 0 spiro atoms. The first kappa shape index (κ1) is 23.1. The van der Waals surface area contributed by atoms with E-state index < -0.39 is 8.56 Å². The molecule has 0 atom stereocenters. The van der Waals surface area contributed by atoms with Gasteiger partial charge < -0.3 is 18.7 Å². The Balaban J connectivity index is 5.16. The van der Waals surface area contributed by atoms with Crippen LogP contribution in [-0.4, -0.2) is 73.9 Å². The van der Waals surface area contributed by atoms with Crippen molar-refractivity contribution in [3.63, 3.8) is 0 Å². The van der Waals surface area contributed by atoms with E-state index in [2.05, 4.69) is 51.8 Å². The van der Waals surface area contributed by atoms with Gasteiger partial charge in [0, 0.05) is 27.3 Å². The lowest BCUT2D eigenvalue weighted by atomic mass is 9.86. The zero-order chi connectivity index (χ0) is 17.9. The molecule has 0 aromatic carbocycles. The van der Waals surface area contributed by atoms with Crippen LogP contribution in [0, 0.1) is 5.41 Å². The van der Waals surface area contributed by atoms with Gasteiger partial charge in [-0.25, -0.2) is 0 Å². The molecule has 0 saturated carbocycles. The van der Waals surface area contributed by atoms with E-state index in [1.807, 2.05) is 14.2 Å². The average molecular weight is 347 g/mol. The largest absolute Gasteiger partial charge is 0.398 e. The number of rotatable bonds is 14.